The van der Waals surface area contributed by atoms with E-state index in [0.29, 0.717) is 16.1 Å². The quantitative estimate of drug-likeness (QED) is 0.597. The van der Waals surface area contributed by atoms with Crippen LogP contribution in [0, 0.1) is 0 Å². The molecule has 1 heterocycles. The van der Waals surface area contributed by atoms with Gasteiger partial charge in [0.2, 0.25) is 0 Å². The fraction of sp³-hybridized carbons (Fsp3) is 0.250. The Labute approximate surface area is 140 Å². The first-order valence-electron chi connectivity index (χ1n) is 6.95. The molecule has 0 saturated heterocycles. The number of thioether (sulfide) groups is 1. The van der Waals surface area contributed by atoms with Crippen LogP contribution in [0.15, 0.2) is 52.3 Å². The van der Waals surface area contributed by atoms with Gasteiger partial charge in [0.25, 0.3) is 10.0 Å². The number of rotatable bonds is 2. The molecule has 0 spiro atoms. The van der Waals surface area contributed by atoms with Crippen molar-refractivity contribution in [3.8, 4) is 0 Å². The fourth-order valence-electron chi connectivity index (χ4n) is 2.64. The van der Waals surface area contributed by atoms with Gasteiger partial charge in [0.15, 0.2) is 0 Å². The molecule has 0 aliphatic carbocycles. The lowest BCUT2D eigenvalue weighted by Crippen LogP contribution is -2.26. The average Bonchev–Trinajstić information content (AvgIpc) is 2.58. The van der Waals surface area contributed by atoms with Gasteiger partial charge in [-0.15, -0.1) is 23.4 Å². The molecule has 3 nitrogen and oxygen atoms in total. The minimum Gasteiger partial charge on any atom is -0.269 e. The summed E-state index contributed by atoms with van der Waals surface area (Å²) in [4.78, 5) is 1.23. The van der Waals surface area contributed by atoms with Crippen molar-refractivity contribution in [1.82, 2.24) is 0 Å². The average molecular weight is 354 g/mol. The van der Waals surface area contributed by atoms with E-state index in [1.807, 2.05) is 37.3 Å². The topological polar surface area (TPSA) is 37.4 Å². The monoisotopic (exact) mass is 353 g/mol. The second kappa shape index (κ2) is 5.80. The molecule has 6 heteroatoms. The number of sulfonamides is 1. The largest absolute Gasteiger partial charge is 0.269 e. The number of fused-ring (bicyclic) bond motifs is 2. The van der Waals surface area contributed by atoms with Crippen LogP contribution in [0.5, 0.6) is 0 Å². The molecule has 0 fully saturated rings. The second-order valence-corrected chi connectivity index (χ2v) is 8.74. The van der Waals surface area contributed by atoms with Crippen LogP contribution in [0.3, 0.4) is 0 Å². The van der Waals surface area contributed by atoms with E-state index >= 15 is 0 Å². The first-order chi connectivity index (χ1) is 10.5. The van der Waals surface area contributed by atoms with E-state index in [9.17, 15) is 8.42 Å². The van der Waals surface area contributed by atoms with Crippen LogP contribution in [0.1, 0.15) is 23.4 Å². The highest BCUT2D eigenvalue weighted by molar-refractivity contribution is 7.99. The molecule has 0 aromatic heterocycles. The maximum Gasteiger partial charge on any atom is 0.264 e. The summed E-state index contributed by atoms with van der Waals surface area (Å²) >= 11 is 8.22. The van der Waals surface area contributed by atoms with Gasteiger partial charge in [-0.1, -0.05) is 31.2 Å². The Hall–Kier alpha value is -1.17. The van der Waals surface area contributed by atoms with Crippen molar-refractivity contribution >= 4 is 39.1 Å². The Morgan fingerprint density at radius 3 is 2.64 bits per heavy atom. The molecule has 1 atom stereocenters. The molecule has 0 saturated carbocycles. The van der Waals surface area contributed by atoms with Gasteiger partial charge in [0, 0.05) is 11.9 Å². The zero-order chi connectivity index (χ0) is 15.9. The predicted octanol–water partition coefficient (Wildman–Crippen LogP) is 4.27. The Balaban J connectivity index is 2.29. The highest BCUT2D eigenvalue weighted by atomic mass is 35.5. The summed E-state index contributed by atoms with van der Waals surface area (Å²) in [6.45, 7) is 2.04. The van der Waals surface area contributed by atoms with Gasteiger partial charge in [-0.3, -0.25) is 4.31 Å². The molecule has 0 amide bonds. The summed E-state index contributed by atoms with van der Waals surface area (Å²) in [6, 6.07) is 12.9. The van der Waals surface area contributed by atoms with E-state index in [2.05, 4.69) is 0 Å². The third kappa shape index (κ3) is 2.41. The van der Waals surface area contributed by atoms with E-state index in [4.69, 9.17) is 11.6 Å². The Kier molecular flexibility index (Phi) is 4.14. The third-order valence-corrected chi connectivity index (χ3v) is 6.93. The van der Waals surface area contributed by atoms with E-state index < -0.39 is 15.4 Å². The minimum atomic E-state index is -3.61. The molecule has 2 aromatic carbocycles. The van der Waals surface area contributed by atoms with Gasteiger partial charge in [0.05, 0.1) is 16.0 Å². The summed E-state index contributed by atoms with van der Waals surface area (Å²) in [6.07, 6.45) is 0. The molecule has 22 heavy (non-hydrogen) atoms. The van der Waals surface area contributed by atoms with Crippen molar-refractivity contribution in [3.05, 3.63) is 53.6 Å². The first-order valence-corrected chi connectivity index (χ1v) is 9.81. The van der Waals surface area contributed by atoms with Gasteiger partial charge in [-0.2, -0.15) is 0 Å². The standard InChI is InChI=1S/C16H16ClNO2S2/c1-3-21-11-8-9-13-15(10-11)22(19,20)18(2)14-7-5-4-6-12(14)16(13)17/h4-10,16H,3H2,1-2H3. The Morgan fingerprint density at radius 2 is 1.91 bits per heavy atom. The Bertz CT molecular complexity index is 821. The van der Waals surface area contributed by atoms with Crippen LogP contribution in [-0.4, -0.2) is 21.2 Å². The highest BCUT2D eigenvalue weighted by Gasteiger charge is 2.34. The van der Waals surface area contributed by atoms with Crippen molar-refractivity contribution < 1.29 is 8.42 Å². The number of nitrogens with zero attached hydrogens (tertiary/aromatic N) is 1. The molecule has 116 valence electrons. The lowest BCUT2D eigenvalue weighted by molar-refractivity contribution is 0.594. The van der Waals surface area contributed by atoms with E-state index in [1.54, 1.807) is 30.9 Å². The van der Waals surface area contributed by atoms with Crippen molar-refractivity contribution in [3.63, 3.8) is 0 Å². The van der Waals surface area contributed by atoms with Gasteiger partial charge in [-0.05, 0) is 35.1 Å². The van der Waals surface area contributed by atoms with Gasteiger partial charge < -0.3 is 0 Å². The molecule has 0 N–H and O–H groups in total. The third-order valence-electron chi connectivity index (χ3n) is 3.76. The first kappa shape index (κ1) is 15.7. The lowest BCUT2D eigenvalue weighted by atomic mass is 10.0. The predicted molar refractivity (Wildman–Crippen MR) is 92.6 cm³/mol. The summed E-state index contributed by atoms with van der Waals surface area (Å²) in [5.74, 6) is 0.888. The zero-order valence-electron chi connectivity index (χ0n) is 12.3. The smallest absolute Gasteiger partial charge is 0.264 e. The van der Waals surface area contributed by atoms with Crippen LogP contribution >= 0.6 is 23.4 Å². The SMILES string of the molecule is CCSc1ccc2c(c1)S(=O)(=O)N(C)c1ccccc1C2Cl. The number of alkyl halides is 1. The summed E-state index contributed by atoms with van der Waals surface area (Å²) in [5, 5.41) is -0.480. The molecule has 1 unspecified atom stereocenters. The number of hydrogen-bond donors (Lipinski definition) is 0. The molecule has 1 aliphatic rings. The van der Waals surface area contributed by atoms with Crippen molar-refractivity contribution in [2.24, 2.45) is 0 Å². The number of para-hydroxylation sites is 1. The highest BCUT2D eigenvalue weighted by Crippen LogP contribution is 2.44. The van der Waals surface area contributed by atoms with Gasteiger partial charge in [0.1, 0.15) is 0 Å². The molecule has 2 aromatic rings. The minimum absolute atomic E-state index is 0.296. The summed E-state index contributed by atoms with van der Waals surface area (Å²) in [5.41, 5.74) is 2.08. The van der Waals surface area contributed by atoms with E-state index in [1.165, 1.54) is 4.31 Å². The lowest BCUT2D eigenvalue weighted by Gasteiger charge is -2.19. The number of anilines is 1. The van der Waals surface area contributed by atoms with Crippen LogP contribution in [0.2, 0.25) is 0 Å². The molecular weight excluding hydrogens is 338 g/mol. The molecule has 0 radical (unpaired) electrons. The van der Waals surface area contributed by atoms with Crippen LogP contribution in [0.25, 0.3) is 0 Å². The van der Waals surface area contributed by atoms with Gasteiger partial charge >= 0.3 is 0 Å². The Morgan fingerprint density at radius 1 is 1.18 bits per heavy atom. The van der Waals surface area contributed by atoms with Crippen molar-refractivity contribution in [2.45, 2.75) is 22.1 Å². The summed E-state index contributed by atoms with van der Waals surface area (Å²) in [7, 11) is -2.03. The van der Waals surface area contributed by atoms with Gasteiger partial charge in [-0.25, -0.2) is 8.42 Å². The maximum absolute atomic E-state index is 12.9. The van der Waals surface area contributed by atoms with Crippen LogP contribution in [0.4, 0.5) is 5.69 Å². The number of hydrogen-bond acceptors (Lipinski definition) is 3. The van der Waals surface area contributed by atoms with Crippen LogP contribution < -0.4 is 4.31 Å². The zero-order valence-corrected chi connectivity index (χ0v) is 14.7. The normalized spacial score (nSPS) is 19.2. The molecule has 3 rings (SSSR count). The molecular formula is C16H16ClNO2S2. The van der Waals surface area contributed by atoms with E-state index in [-0.39, 0.29) is 0 Å². The number of benzene rings is 2. The maximum atomic E-state index is 12.9. The fourth-order valence-corrected chi connectivity index (χ4v) is 5.33. The number of halogens is 1. The molecule has 1 aliphatic heterocycles. The molecule has 0 bridgehead atoms. The summed E-state index contributed by atoms with van der Waals surface area (Å²) < 4.78 is 27.2. The van der Waals surface area contributed by atoms with Crippen LogP contribution in [-0.2, 0) is 10.0 Å². The van der Waals surface area contributed by atoms with Crippen molar-refractivity contribution in [2.75, 3.05) is 17.1 Å². The second-order valence-electron chi connectivity index (χ2n) is 5.03. The van der Waals surface area contributed by atoms with E-state index in [0.717, 1.165) is 16.2 Å². The van der Waals surface area contributed by atoms with Crippen molar-refractivity contribution in [1.29, 1.82) is 0 Å².